The maximum Gasteiger partial charge on any atom is 0.419 e. The maximum absolute atomic E-state index is 12.4. The van der Waals surface area contributed by atoms with Crippen LogP contribution in [-0.4, -0.2) is 65.3 Å². The van der Waals surface area contributed by atoms with Gasteiger partial charge in [-0.2, -0.15) is 13.2 Å². The first-order chi connectivity index (χ1) is 10.4. The number of halogens is 3. The van der Waals surface area contributed by atoms with E-state index in [0.717, 1.165) is 12.4 Å². The predicted molar refractivity (Wildman–Crippen MR) is 71.7 cm³/mol. The minimum Gasteiger partial charge on any atom is -0.465 e. The lowest BCUT2D eigenvalue weighted by atomic mass is 10.3. The van der Waals surface area contributed by atoms with Gasteiger partial charge in [-0.05, 0) is 0 Å². The minimum atomic E-state index is -4.44. The molecule has 10 heteroatoms. The summed E-state index contributed by atoms with van der Waals surface area (Å²) in [6.45, 7) is 3.44. The average molecular weight is 319 g/mol. The van der Waals surface area contributed by atoms with Gasteiger partial charge < -0.3 is 15.3 Å². The Bertz CT molecular complexity index is 500. The van der Waals surface area contributed by atoms with Crippen LogP contribution in [0.15, 0.2) is 12.4 Å². The molecule has 1 amide bonds. The van der Waals surface area contributed by atoms with Crippen LogP contribution < -0.4 is 10.2 Å². The second-order valence-corrected chi connectivity index (χ2v) is 4.83. The number of nitrogens with zero attached hydrogens (tertiary/aromatic N) is 4. The van der Waals surface area contributed by atoms with Gasteiger partial charge >= 0.3 is 12.3 Å². The molecule has 1 aliphatic rings. The average Bonchev–Trinajstić information content (AvgIpc) is 2.47. The first-order valence-corrected chi connectivity index (χ1v) is 6.69. The number of hydrogen-bond donors (Lipinski definition) is 2. The number of piperazine rings is 1. The van der Waals surface area contributed by atoms with E-state index >= 15 is 0 Å². The second kappa shape index (κ2) is 6.77. The van der Waals surface area contributed by atoms with Crippen molar-refractivity contribution in [1.82, 2.24) is 20.2 Å². The van der Waals surface area contributed by atoms with Crippen molar-refractivity contribution < 1.29 is 23.1 Å². The lowest BCUT2D eigenvalue weighted by Crippen LogP contribution is -2.48. The predicted octanol–water partition coefficient (Wildman–Crippen LogP) is 0.885. The van der Waals surface area contributed by atoms with E-state index in [1.807, 2.05) is 0 Å². The Labute approximate surface area is 124 Å². The quantitative estimate of drug-likeness (QED) is 0.858. The summed E-state index contributed by atoms with van der Waals surface area (Å²) in [7, 11) is 0. The van der Waals surface area contributed by atoms with Crippen molar-refractivity contribution in [2.75, 3.05) is 44.2 Å². The number of carboxylic acid groups (broad SMARTS) is 1. The summed E-state index contributed by atoms with van der Waals surface area (Å²) < 4.78 is 37.3. The molecule has 0 bridgehead atoms. The molecule has 0 radical (unpaired) electrons. The molecule has 2 N–H and O–H groups in total. The van der Waals surface area contributed by atoms with Gasteiger partial charge in [0, 0.05) is 51.7 Å². The fraction of sp³-hybridized carbons (Fsp3) is 0.583. The third kappa shape index (κ3) is 4.45. The van der Waals surface area contributed by atoms with Gasteiger partial charge in [0.1, 0.15) is 0 Å². The van der Waals surface area contributed by atoms with Crippen molar-refractivity contribution in [3.8, 4) is 0 Å². The van der Waals surface area contributed by atoms with Gasteiger partial charge in [0.15, 0.2) is 0 Å². The molecule has 1 aliphatic heterocycles. The van der Waals surface area contributed by atoms with E-state index in [1.54, 1.807) is 4.90 Å². The Morgan fingerprint density at radius 3 is 2.32 bits per heavy atom. The molecule has 22 heavy (non-hydrogen) atoms. The van der Waals surface area contributed by atoms with E-state index in [1.165, 1.54) is 0 Å². The molecule has 0 aromatic carbocycles. The zero-order valence-electron chi connectivity index (χ0n) is 11.7. The van der Waals surface area contributed by atoms with Crippen molar-refractivity contribution in [1.29, 1.82) is 0 Å². The molecule has 2 rings (SSSR count). The minimum absolute atomic E-state index is 0.274. The Morgan fingerprint density at radius 2 is 1.82 bits per heavy atom. The van der Waals surface area contributed by atoms with E-state index in [2.05, 4.69) is 20.2 Å². The number of anilines is 1. The van der Waals surface area contributed by atoms with Crippen LogP contribution in [0, 0.1) is 0 Å². The molecule has 1 saturated heterocycles. The van der Waals surface area contributed by atoms with E-state index in [4.69, 9.17) is 5.11 Å². The summed E-state index contributed by atoms with van der Waals surface area (Å²) in [6.07, 6.45) is -3.93. The van der Waals surface area contributed by atoms with Gasteiger partial charge in [-0.1, -0.05) is 0 Å². The summed E-state index contributed by atoms with van der Waals surface area (Å²) in [5.74, 6) is 0.274. The van der Waals surface area contributed by atoms with E-state index in [-0.39, 0.29) is 5.95 Å². The molecule has 0 spiro atoms. The molecule has 122 valence electrons. The number of aromatic nitrogens is 2. The number of rotatable bonds is 4. The summed E-state index contributed by atoms with van der Waals surface area (Å²) in [6, 6.07) is 0. The normalized spacial score (nSPS) is 16.6. The zero-order chi connectivity index (χ0) is 16.2. The molecule has 0 unspecified atom stereocenters. The van der Waals surface area contributed by atoms with Gasteiger partial charge in [-0.15, -0.1) is 0 Å². The molecule has 0 atom stereocenters. The topological polar surface area (TPSA) is 81.6 Å². The van der Waals surface area contributed by atoms with Gasteiger partial charge in [-0.25, -0.2) is 14.8 Å². The van der Waals surface area contributed by atoms with E-state index in [9.17, 15) is 18.0 Å². The first-order valence-electron chi connectivity index (χ1n) is 6.69. The van der Waals surface area contributed by atoms with Crippen molar-refractivity contribution in [2.45, 2.75) is 6.18 Å². The smallest absolute Gasteiger partial charge is 0.419 e. The number of hydrogen-bond acceptors (Lipinski definition) is 5. The monoisotopic (exact) mass is 319 g/mol. The lowest BCUT2D eigenvalue weighted by molar-refractivity contribution is -0.138. The zero-order valence-corrected chi connectivity index (χ0v) is 11.7. The molecule has 1 aromatic heterocycles. The van der Waals surface area contributed by atoms with Gasteiger partial charge in [0.2, 0.25) is 5.95 Å². The van der Waals surface area contributed by atoms with Crippen LogP contribution in [0.25, 0.3) is 0 Å². The highest BCUT2D eigenvalue weighted by Gasteiger charge is 2.31. The summed E-state index contributed by atoms with van der Waals surface area (Å²) in [5, 5.41) is 10.8. The van der Waals surface area contributed by atoms with E-state index < -0.39 is 17.8 Å². The second-order valence-electron chi connectivity index (χ2n) is 4.83. The van der Waals surface area contributed by atoms with Crippen molar-refractivity contribution >= 4 is 12.0 Å². The van der Waals surface area contributed by atoms with Crippen LogP contribution >= 0.6 is 0 Å². The van der Waals surface area contributed by atoms with Gasteiger partial charge in [-0.3, -0.25) is 4.90 Å². The SMILES string of the molecule is O=C(O)NCCN1CCN(c2ncc(C(F)(F)F)cn2)CC1. The number of carbonyl (C=O) groups is 1. The molecule has 0 saturated carbocycles. The van der Waals surface area contributed by atoms with Crippen LogP contribution in [-0.2, 0) is 6.18 Å². The molecule has 1 fully saturated rings. The molecular formula is C12H16F3N5O2. The van der Waals surface area contributed by atoms with Crippen LogP contribution in [0.4, 0.5) is 23.9 Å². The van der Waals surface area contributed by atoms with Crippen LogP contribution in [0.1, 0.15) is 5.56 Å². The third-order valence-corrected chi connectivity index (χ3v) is 3.32. The summed E-state index contributed by atoms with van der Waals surface area (Å²) in [5.41, 5.74) is -0.866. The standard InChI is InChI=1S/C12H16F3N5O2/c13-12(14,15)9-7-17-10(18-8-9)20-5-3-19(4-6-20)2-1-16-11(21)22/h7-8,16H,1-6H2,(H,21,22). The van der Waals surface area contributed by atoms with Crippen molar-refractivity contribution in [2.24, 2.45) is 0 Å². The highest BCUT2D eigenvalue weighted by Crippen LogP contribution is 2.28. The Kier molecular flexibility index (Phi) is 5.01. The van der Waals surface area contributed by atoms with Gasteiger partial charge in [0.05, 0.1) is 5.56 Å². The number of amides is 1. The van der Waals surface area contributed by atoms with Crippen LogP contribution in [0.5, 0.6) is 0 Å². The summed E-state index contributed by atoms with van der Waals surface area (Å²) in [4.78, 5) is 21.7. The van der Waals surface area contributed by atoms with Crippen LogP contribution in [0.3, 0.4) is 0 Å². The number of nitrogens with one attached hydrogen (secondary N) is 1. The van der Waals surface area contributed by atoms with Gasteiger partial charge in [0.25, 0.3) is 0 Å². The Morgan fingerprint density at radius 1 is 1.23 bits per heavy atom. The van der Waals surface area contributed by atoms with Crippen molar-refractivity contribution in [3.63, 3.8) is 0 Å². The lowest BCUT2D eigenvalue weighted by Gasteiger charge is -2.34. The molecule has 1 aromatic rings. The molecule has 7 nitrogen and oxygen atoms in total. The fourth-order valence-corrected chi connectivity index (χ4v) is 2.12. The highest BCUT2D eigenvalue weighted by atomic mass is 19.4. The molecular weight excluding hydrogens is 303 g/mol. The molecule has 2 heterocycles. The Hall–Kier alpha value is -2.10. The summed E-state index contributed by atoms with van der Waals surface area (Å²) >= 11 is 0. The largest absolute Gasteiger partial charge is 0.465 e. The maximum atomic E-state index is 12.4. The number of alkyl halides is 3. The Balaban J connectivity index is 1.82. The molecule has 0 aliphatic carbocycles. The fourth-order valence-electron chi connectivity index (χ4n) is 2.12. The van der Waals surface area contributed by atoms with Crippen molar-refractivity contribution in [3.05, 3.63) is 18.0 Å². The third-order valence-electron chi connectivity index (χ3n) is 3.32. The first kappa shape index (κ1) is 16.3. The van der Waals surface area contributed by atoms with Crippen LogP contribution in [0.2, 0.25) is 0 Å². The highest BCUT2D eigenvalue weighted by molar-refractivity contribution is 5.64. The van der Waals surface area contributed by atoms with E-state index in [0.29, 0.717) is 39.3 Å².